The van der Waals surface area contributed by atoms with Crippen LogP contribution < -0.4 is 5.32 Å². The number of rotatable bonds is 5. The van der Waals surface area contributed by atoms with Gasteiger partial charge in [0.2, 0.25) is 0 Å². The molecule has 102 valence electrons. The highest BCUT2D eigenvalue weighted by Gasteiger charge is 2.17. The van der Waals surface area contributed by atoms with Crippen molar-refractivity contribution in [2.45, 2.75) is 25.7 Å². The average molecular weight is 285 g/mol. The zero-order valence-corrected chi connectivity index (χ0v) is 11.0. The first-order chi connectivity index (χ1) is 9.08. The van der Waals surface area contributed by atoms with Crippen molar-refractivity contribution >= 4 is 23.0 Å². The molecule has 1 N–H and O–H groups in total. The minimum atomic E-state index is -0.780. The van der Waals surface area contributed by atoms with Gasteiger partial charge in [0.15, 0.2) is 0 Å². The fourth-order valence-electron chi connectivity index (χ4n) is 2.15. The number of hydrogen-bond acceptors (Lipinski definition) is 3. The molecule has 0 saturated carbocycles. The van der Waals surface area contributed by atoms with Crippen LogP contribution >= 0.6 is 11.6 Å². The lowest BCUT2D eigenvalue weighted by Crippen LogP contribution is -2.05. The first kappa shape index (κ1) is 13.8. The highest BCUT2D eigenvalue weighted by Crippen LogP contribution is 2.30. The van der Waals surface area contributed by atoms with E-state index in [2.05, 4.69) is 11.4 Å². The second kappa shape index (κ2) is 6.02. The third kappa shape index (κ3) is 3.44. The number of hydrogen-bond donors (Lipinski definition) is 1. The molecular weight excluding hydrogens is 271 g/mol. The molecule has 0 amide bonds. The van der Waals surface area contributed by atoms with Crippen molar-refractivity contribution in [1.29, 1.82) is 0 Å². The van der Waals surface area contributed by atoms with Gasteiger partial charge in [-0.3, -0.25) is 10.1 Å². The van der Waals surface area contributed by atoms with Crippen LogP contribution in [0.1, 0.15) is 25.7 Å². The number of halogens is 2. The molecule has 6 heteroatoms. The Morgan fingerprint density at radius 3 is 2.89 bits per heavy atom. The third-order valence-electron chi connectivity index (χ3n) is 3.13. The summed E-state index contributed by atoms with van der Waals surface area (Å²) in [5.74, 6) is -0.780. The molecule has 1 aliphatic carbocycles. The van der Waals surface area contributed by atoms with E-state index in [4.69, 9.17) is 11.6 Å². The van der Waals surface area contributed by atoms with Crippen molar-refractivity contribution < 1.29 is 9.31 Å². The van der Waals surface area contributed by atoms with E-state index < -0.39 is 10.7 Å². The summed E-state index contributed by atoms with van der Waals surface area (Å²) in [7, 11) is 0. The van der Waals surface area contributed by atoms with Gasteiger partial charge in [0.1, 0.15) is 11.5 Å². The average Bonchev–Trinajstić information content (AvgIpc) is 2.86. The number of nitro benzene ring substituents is 1. The van der Waals surface area contributed by atoms with E-state index >= 15 is 0 Å². The maximum Gasteiger partial charge on any atom is 0.295 e. The van der Waals surface area contributed by atoms with Gasteiger partial charge in [-0.1, -0.05) is 23.3 Å². The Hall–Kier alpha value is -1.62. The summed E-state index contributed by atoms with van der Waals surface area (Å²) in [6.45, 7) is 0.578. The number of benzene rings is 1. The van der Waals surface area contributed by atoms with Crippen LogP contribution in [0.2, 0.25) is 5.02 Å². The van der Waals surface area contributed by atoms with Gasteiger partial charge in [0, 0.05) is 6.54 Å². The second-order valence-electron chi connectivity index (χ2n) is 4.47. The van der Waals surface area contributed by atoms with Crippen LogP contribution in [0, 0.1) is 15.9 Å². The van der Waals surface area contributed by atoms with Gasteiger partial charge < -0.3 is 5.32 Å². The van der Waals surface area contributed by atoms with Crippen molar-refractivity contribution in [3.05, 3.63) is 44.7 Å². The van der Waals surface area contributed by atoms with Crippen LogP contribution in [0.5, 0.6) is 0 Å². The van der Waals surface area contributed by atoms with Gasteiger partial charge in [0.05, 0.1) is 16.0 Å². The van der Waals surface area contributed by atoms with Crippen LogP contribution in [0.25, 0.3) is 0 Å². The summed E-state index contributed by atoms with van der Waals surface area (Å²) in [6.07, 6.45) is 6.42. The molecule has 0 aromatic heterocycles. The van der Waals surface area contributed by atoms with Gasteiger partial charge in [-0.05, 0) is 31.7 Å². The van der Waals surface area contributed by atoms with E-state index in [1.165, 1.54) is 18.1 Å². The van der Waals surface area contributed by atoms with E-state index in [-0.39, 0.29) is 16.4 Å². The molecule has 1 aromatic rings. The van der Waals surface area contributed by atoms with Gasteiger partial charge >= 0.3 is 0 Å². The topological polar surface area (TPSA) is 55.2 Å². The number of nitrogens with zero attached hydrogens (tertiary/aromatic N) is 1. The lowest BCUT2D eigenvalue weighted by atomic mass is 10.1. The summed E-state index contributed by atoms with van der Waals surface area (Å²) in [4.78, 5) is 10.2. The zero-order valence-electron chi connectivity index (χ0n) is 10.3. The Bertz CT molecular complexity index is 532. The maximum atomic E-state index is 13.2. The number of allylic oxidation sites excluding steroid dienone is 1. The van der Waals surface area contributed by atoms with Crippen LogP contribution in [0.4, 0.5) is 15.8 Å². The number of nitrogens with one attached hydrogen (secondary N) is 1. The SMILES string of the molecule is O=[N+]([O-])c1cc(F)c(Cl)cc1NCCC1=CCCC1. The Morgan fingerprint density at radius 1 is 1.47 bits per heavy atom. The summed E-state index contributed by atoms with van der Waals surface area (Å²) in [6, 6.07) is 2.11. The predicted octanol–water partition coefficient (Wildman–Crippen LogP) is 4.30. The molecule has 0 bridgehead atoms. The van der Waals surface area contributed by atoms with Gasteiger partial charge in [-0.15, -0.1) is 0 Å². The lowest BCUT2D eigenvalue weighted by Gasteiger charge is -2.08. The lowest BCUT2D eigenvalue weighted by molar-refractivity contribution is -0.384. The molecule has 19 heavy (non-hydrogen) atoms. The fourth-order valence-corrected chi connectivity index (χ4v) is 2.31. The molecule has 1 aromatic carbocycles. The minimum Gasteiger partial charge on any atom is -0.379 e. The van der Waals surface area contributed by atoms with E-state index in [1.54, 1.807) is 0 Å². The molecule has 0 spiro atoms. The van der Waals surface area contributed by atoms with E-state index in [1.807, 2.05) is 0 Å². The smallest absolute Gasteiger partial charge is 0.295 e. The first-order valence-electron chi connectivity index (χ1n) is 6.13. The van der Waals surface area contributed by atoms with Crippen molar-refractivity contribution in [1.82, 2.24) is 0 Å². The van der Waals surface area contributed by atoms with Crippen molar-refractivity contribution in [3.63, 3.8) is 0 Å². The van der Waals surface area contributed by atoms with Gasteiger partial charge in [-0.25, -0.2) is 4.39 Å². The minimum absolute atomic E-state index is 0.117. The van der Waals surface area contributed by atoms with Crippen LogP contribution in [0.3, 0.4) is 0 Å². The van der Waals surface area contributed by atoms with Crippen molar-refractivity contribution in [2.24, 2.45) is 0 Å². The van der Waals surface area contributed by atoms with E-state index in [0.29, 0.717) is 6.54 Å². The van der Waals surface area contributed by atoms with Crippen molar-refractivity contribution in [2.75, 3.05) is 11.9 Å². The Morgan fingerprint density at radius 2 is 2.26 bits per heavy atom. The standard InChI is InChI=1S/C13H14ClFN2O2/c14-10-7-12(13(17(18)19)8-11(10)15)16-6-5-9-3-1-2-4-9/h3,7-8,16H,1-2,4-6H2. The number of nitro groups is 1. The molecule has 2 rings (SSSR count). The van der Waals surface area contributed by atoms with Crippen LogP contribution in [-0.2, 0) is 0 Å². The molecule has 0 heterocycles. The molecule has 1 aliphatic rings. The zero-order chi connectivity index (χ0) is 13.8. The maximum absolute atomic E-state index is 13.2. The molecule has 0 atom stereocenters. The van der Waals surface area contributed by atoms with Crippen LogP contribution in [-0.4, -0.2) is 11.5 Å². The predicted molar refractivity (Wildman–Crippen MR) is 73.1 cm³/mol. The molecule has 0 aliphatic heterocycles. The Kier molecular flexibility index (Phi) is 4.37. The van der Waals surface area contributed by atoms with Gasteiger partial charge in [0.25, 0.3) is 5.69 Å². The summed E-state index contributed by atoms with van der Waals surface area (Å²) < 4.78 is 13.2. The first-order valence-corrected chi connectivity index (χ1v) is 6.51. The molecule has 0 fully saturated rings. The molecule has 4 nitrogen and oxygen atoms in total. The highest BCUT2D eigenvalue weighted by atomic mass is 35.5. The molecule has 0 radical (unpaired) electrons. The molecule has 0 unspecified atom stereocenters. The van der Waals surface area contributed by atoms with E-state index in [9.17, 15) is 14.5 Å². The largest absolute Gasteiger partial charge is 0.379 e. The Labute approximate surface area is 115 Å². The van der Waals surface area contributed by atoms with E-state index in [0.717, 1.165) is 25.3 Å². The van der Waals surface area contributed by atoms with Gasteiger partial charge in [-0.2, -0.15) is 0 Å². The van der Waals surface area contributed by atoms with Crippen LogP contribution in [0.15, 0.2) is 23.8 Å². The molecular formula is C13H14ClFN2O2. The summed E-state index contributed by atoms with van der Waals surface area (Å²) >= 11 is 5.65. The quantitative estimate of drug-likeness (QED) is 0.498. The fraction of sp³-hybridized carbons (Fsp3) is 0.385. The molecule has 0 saturated heterocycles. The van der Waals surface area contributed by atoms with Crippen molar-refractivity contribution in [3.8, 4) is 0 Å². The third-order valence-corrected chi connectivity index (χ3v) is 3.42. The highest BCUT2D eigenvalue weighted by molar-refractivity contribution is 6.31. The normalized spacial score (nSPS) is 14.3. The second-order valence-corrected chi connectivity index (χ2v) is 4.88. The summed E-state index contributed by atoms with van der Waals surface area (Å²) in [5.41, 5.74) is 1.33. The monoisotopic (exact) mass is 284 g/mol. The summed E-state index contributed by atoms with van der Waals surface area (Å²) in [5, 5.41) is 13.7. The Balaban J connectivity index is 2.05. The number of anilines is 1.